The van der Waals surface area contributed by atoms with Gasteiger partial charge in [0.2, 0.25) is 0 Å². The molecular formula is C21H19F3N2O3S. The molecule has 2 aromatic carbocycles. The predicted octanol–water partition coefficient (Wildman–Crippen LogP) is 4.90. The third kappa shape index (κ3) is 4.30. The van der Waals surface area contributed by atoms with Crippen molar-refractivity contribution in [2.45, 2.75) is 32.5 Å². The van der Waals surface area contributed by atoms with Gasteiger partial charge in [-0.15, -0.1) is 0 Å². The number of ether oxygens (including phenoxy) is 1. The van der Waals surface area contributed by atoms with E-state index in [2.05, 4.69) is 4.99 Å². The number of halogens is 3. The van der Waals surface area contributed by atoms with Crippen molar-refractivity contribution >= 4 is 33.4 Å². The van der Waals surface area contributed by atoms with E-state index in [0.717, 1.165) is 29.0 Å². The van der Waals surface area contributed by atoms with Gasteiger partial charge in [-0.05, 0) is 43.7 Å². The van der Waals surface area contributed by atoms with Crippen LogP contribution in [0.5, 0.6) is 0 Å². The molecule has 0 radical (unpaired) electrons. The Hall–Kier alpha value is -2.94. The zero-order valence-corrected chi connectivity index (χ0v) is 17.3. The lowest BCUT2D eigenvalue weighted by atomic mass is 10.1. The first kappa shape index (κ1) is 21.8. The number of aromatic nitrogens is 1. The second kappa shape index (κ2) is 8.43. The van der Waals surface area contributed by atoms with Gasteiger partial charge in [0.1, 0.15) is 6.04 Å². The summed E-state index contributed by atoms with van der Waals surface area (Å²) in [6.07, 6.45) is -4.30. The SMILES string of the molecule is CCC(C(=O)OC)n1c(=NC(=O)c2ccc(C)cc2)sc2ccc(C(F)(F)F)cc21. The van der Waals surface area contributed by atoms with E-state index >= 15 is 0 Å². The molecule has 1 unspecified atom stereocenters. The van der Waals surface area contributed by atoms with Crippen molar-refractivity contribution in [3.8, 4) is 0 Å². The average Bonchev–Trinajstić information content (AvgIpc) is 3.05. The molecule has 0 aliphatic carbocycles. The lowest BCUT2D eigenvalue weighted by Crippen LogP contribution is -2.28. The van der Waals surface area contributed by atoms with Crippen LogP contribution in [0.3, 0.4) is 0 Å². The highest BCUT2D eigenvalue weighted by Gasteiger charge is 2.32. The molecule has 30 heavy (non-hydrogen) atoms. The van der Waals surface area contributed by atoms with Crippen LogP contribution < -0.4 is 4.80 Å². The normalized spacial score (nSPS) is 13.5. The van der Waals surface area contributed by atoms with Gasteiger partial charge in [0.15, 0.2) is 4.80 Å². The molecule has 0 aliphatic rings. The maximum atomic E-state index is 13.3. The third-order valence-corrected chi connectivity index (χ3v) is 5.66. The minimum Gasteiger partial charge on any atom is -0.467 e. The second-order valence-electron chi connectivity index (χ2n) is 6.67. The molecule has 0 saturated heterocycles. The summed E-state index contributed by atoms with van der Waals surface area (Å²) in [6.45, 7) is 3.59. The van der Waals surface area contributed by atoms with Crippen molar-refractivity contribution in [3.05, 3.63) is 64.0 Å². The number of thiazole rings is 1. The van der Waals surface area contributed by atoms with Crippen molar-refractivity contribution in [1.82, 2.24) is 4.57 Å². The Morgan fingerprint density at radius 1 is 1.17 bits per heavy atom. The molecular weight excluding hydrogens is 417 g/mol. The number of fused-ring (bicyclic) bond motifs is 1. The number of carbonyl (C=O) groups is 2. The molecule has 1 heterocycles. The van der Waals surface area contributed by atoms with Crippen LogP contribution in [0.1, 0.15) is 40.9 Å². The van der Waals surface area contributed by atoms with E-state index in [4.69, 9.17) is 4.74 Å². The molecule has 0 spiro atoms. The number of alkyl halides is 3. The topological polar surface area (TPSA) is 60.7 Å². The summed E-state index contributed by atoms with van der Waals surface area (Å²) in [7, 11) is 1.20. The molecule has 5 nitrogen and oxygen atoms in total. The van der Waals surface area contributed by atoms with Crippen LogP contribution >= 0.6 is 11.3 Å². The summed E-state index contributed by atoms with van der Waals surface area (Å²) in [5, 5.41) is 0. The Labute approximate surface area is 174 Å². The zero-order valence-electron chi connectivity index (χ0n) is 16.5. The molecule has 1 atom stereocenters. The largest absolute Gasteiger partial charge is 0.467 e. The Morgan fingerprint density at radius 2 is 1.83 bits per heavy atom. The minimum absolute atomic E-state index is 0.132. The molecule has 0 N–H and O–H groups in total. The molecule has 0 fully saturated rings. The molecule has 0 saturated carbocycles. The van der Waals surface area contributed by atoms with Gasteiger partial charge in [0.05, 0.1) is 22.9 Å². The van der Waals surface area contributed by atoms with E-state index in [1.54, 1.807) is 31.2 Å². The van der Waals surface area contributed by atoms with E-state index in [9.17, 15) is 22.8 Å². The molecule has 3 aromatic rings. The van der Waals surface area contributed by atoms with Gasteiger partial charge in [-0.2, -0.15) is 18.2 Å². The first-order valence-electron chi connectivity index (χ1n) is 9.11. The lowest BCUT2D eigenvalue weighted by Gasteiger charge is -2.16. The monoisotopic (exact) mass is 436 g/mol. The van der Waals surface area contributed by atoms with Crippen LogP contribution in [-0.4, -0.2) is 23.6 Å². The Balaban J connectivity index is 2.26. The van der Waals surface area contributed by atoms with E-state index < -0.39 is 29.7 Å². The highest BCUT2D eigenvalue weighted by atomic mass is 32.1. The van der Waals surface area contributed by atoms with Gasteiger partial charge in [-0.25, -0.2) is 4.79 Å². The Kier molecular flexibility index (Phi) is 6.12. The van der Waals surface area contributed by atoms with Gasteiger partial charge < -0.3 is 9.30 Å². The number of benzene rings is 2. The molecule has 1 amide bonds. The molecule has 1 aromatic heterocycles. The van der Waals surface area contributed by atoms with Gasteiger partial charge >= 0.3 is 12.1 Å². The molecule has 0 bridgehead atoms. The second-order valence-corrected chi connectivity index (χ2v) is 7.67. The number of amides is 1. The van der Waals surface area contributed by atoms with Crippen molar-refractivity contribution < 1.29 is 27.5 Å². The lowest BCUT2D eigenvalue weighted by molar-refractivity contribution is -0.144. The smallest absolute Gasteiger partial charge is 0.416 e. The van der Waals surface area contributed by atoms with Crippen LogP contribution in [0.25, 0.3) is 10.2 Å². The van der Waals surface area contributed by atoms with Crippen molar-refractivity contribution in [1.29, 1.82) is 0 Å². The minimum atomic E-state index is -4.55. The number of hydrogen-bond acceptors (Lipinski definition) is 4. The van der Waals surface area contributed by atoms with Gasteiger partial charge in [0.25, 0.3) is 5.91 Å². The van der Waals surface area contributed by atoms with Crippen LogP contribution in [0, 0.1) is 6.92 Å². The summed E-state index contributed by atoms with van der Waals surface area (Å²) in [4.78, 5) is 29.2. The van der Waals surface area contributed by atoms with Crippen LogP contribution in [-0.2, 0) is 15.7 Å². The summed E-state index contributed by atoms with van der Waals surface area (Å²) >= 11 is 1.04. The van der Waals surface area contributed by atoms with E-state index in [1.165, 1.54) is 17.7 Å². The third-order valence-electron chi connectivity index (χ3n) is 4.62. The quantitative estimate of drug-likeness (QED) is 0.547. The van der Waals surface area contributed by atoms with Crippen LogP contribution in [0.2, 0.25) is 0 Å². The van der Waals surface area contributed by atoms with Crippen molar-refractivity contribution in [3.63, 3.8) is 0 Å². The highest BCUT2D eigenvalue weighted by Crippen LogP contribution is 2.33. The fraction of sp³-hybridized carbons (Fsp3) is 0.286. The molecule has 158 valence electrons. The summed E-state index contributed by atoms with van der Waals surface area (Å²) < 4.78 is 46.4. The molecule has 3 rings (SSSR count). The van der Waals surface area contributed by atoms with Crippen LogP contribution in [0.15, 0.2) is 47.5 Å². The maximum absolute atomic E-state index is 13.3. The van der Waals surface area contributed by atoms with Gasteiger partial charge in [-0.3, -0.25) is 4.79 Å². The van der Waals surface area contributed by atoms with Crippen molar-refractivity contribution in [2.24, 2.45) is 4.99 Å². The molecule has 0 aliphatic heterocycles. The predicted molar refractivity (Wildman–Crippen MR) is 107 cm³/mol. The standard InChI is InChI=1S/C21H19F3N2O3S/c1-4-15(19(28)29-3)26-16-11-14(21(22,23)24)9-10-17(16)30-20(26)25-18(27)13-7-5-12(2)6-8-13/h5-11,15H,4H2,1-3H3. The Morgan fingerprint density at radius 3 is 2.40 bits per heavy atom. The summed E-state index contributed by atoms with van der Waals surface area (Å²) in [5.74, 6) is -1.18. The summed E-state index contributed by atoms with van der Waals surface area (Å²) in [6, 6.07) is 9.11. The first-order valence-corrected chi connectivity index (χ1v) is 9.93. The number of esters is 1. The van der Waals surface area contributed by atoms with E-state index in [0.29, 0.717) is 10.3 Å². The number of hydrogen-bond donors (Lipinski definition) is 0. The van der Waals surface area contributed by atoms with Crippen LogP contribution in [0.4, 0.5) is 13.2 Å². The number of nitrogens with zero attached hydrogens (tertiary/aromatic N) is 2. The van der Waals surface area contributed by atoms with E-state index in [-0.39, 0.29) is 16.7 Å². The fourth-order valence-electron chi connectivity index (χ4n) is 3.03. The number of methoxy groups -OCH3 is 1. The first-order chi connectivity index (χ1) is 14.2. The number of carbonyl (C=O) groups excluding carboxylic acids is 2. The average molecular weight is 436 g/mol. The fourth-order valence-corrected chi connectivity index (χ4v) is 4.08. The summed E-state index contributed by atoms with van der Waals surface area (Å²) in [5.41, 5.74) is 0.631. The number of aryl methyl sites for hydroxylation is 1. The van der Waals surface area contributed by atoms with Gasteiger partial charge in [-0.1, -0.05) is 36.0 Å². The highest BCUT2D eigenvalue weighted by molar-refractivity contribution is 7.16. The zero-order chi connectivity index (χ0) is 22.1. The Bertz CT molecular complexity index is 1160. The molecule has 9 heteroatoms. The van der Waals surface area contributed by atoms with E-state index in [1.807, 2.05) is 6.92 Å². The van der Waals surface area contributed by atoms with Crippen molar-refractivity contribution in [2.75, 3.05) is 7.11 Å². The number of rotatable bonds is 4. The maximum Gasteiger partial charge on any atom is 0.416 e. The van der Waals surface area contributed by atoms with Gasteiger partial charge in [0, 0.05) is 5.56 Å².